The zero-order valence-electron chi connectivity index (χ0n) is 20.7. The standard InChI is InChI=1S/C27H27F2N5O4/c1-17-31-32-25-13-8-18(16-34(17)25)21-15-20(30-26(35)6-4-2-3-5-7-27(36)33-37)10-12-23(21)38-24-11-9-19(28)14-22(24)29/h8-16,37H,2-7H2,1H3,(H,30,35)(H,33,36). The summed E-state index contributed by atoms with van der Waals surface area (Å²) >= 11 is 0. The maximum atomic E-state index is 14.3. The lowest BCUT2D eigenvalue weighted by Crippen LogP contribution is -2.17. The molecule has 0 saturated carbocycles. The Labute approximate surface area is 217 Å². The maximum absolute atomic E-state index is 14.3. The number of nitrogens with one attached hydrogen (secondary N) is 2. The number of aromatic nitrogens is 3. The van der Waals surface area contributed by atoms with E-state index in [4.69, 9.17) is 9.94 Å². The van der Waals surface area contributed by atoms with Gasteiger partial charge in [-0.15, -0.1) is 10.2 Å². The molecule has 0 atom stereocenters. The van der Waals surface area contributed by atoms with Gasteiger partial charge < -0.3 is 10.1 Å². The molecule has 0 fully saturated rings. The van der Waals surface area contributed by atoms with Crippen LogP contribution in [0.3, 0.4) is 0 Å². The van der Waals surface area contributed by atoms with Crippen molar-refractivity contribution < 1.29 is 28.3 Å². The fourth-order valence-corrected chi connectivity index (χ4v) is 3.97. The summed E-state index contributed by atoms with van der Waals surface area (Å²) in [6, 6.07) is 11.7. The highest BCUT2D eigenvalue weighted by atomic mass is 19.1. The van der Waals surface area contributed by atoms with Gasteiger partial charge in [-0.2, -0.15) is 0 Å². The van der Waals surface area contributed by atoms with Crippen molar-refractivity contribution in [2.45, 2.75) is 45.4 Å². The molecule has 0 spiro atoms. The highest BCUT2D eigenvalue weighted by Crippen LogP contribution is 2.37. The number of rotatable bonds is 11. The van der Waals surface area contributed by atoms with Gasteiger partial charge in [0.1, 0.15) is 17.4 Å². The molecule has 4 aromatic rings. The summed E-state index contributed by atoms with van der Waals surface area (Å²) in [5.74, 6) is -1.30. The number of pyridine rings is 1. The molecule has 0 saturated heterocycles. The van der Waals surface area contributed by atoms with Crippen LogP contribution in [-0.2, 0) is 9.59 Å². The molecule has 4 rings (SSSR count). The molecule has 11 heteroatoms. The highest BCUT2D eigenvalue weighted by Gasteiger charge is 2.15. The second kappa shape index (κ2) is 12.2. The fraction of sp³-hybridized carbons (Fsp3) is 0.259. The summed E-state index contributed by atoms with van der Waals surface area (Å²) in [6.07, 6.45) is 5.16. The Kier molecular flexibility index (Phi) is 8.59. The Bertz CT molecular complexity index is 1460. The summed E-state index contributed by atoms with van der Waals surface area (Å²) < 4.78 is 35.3. The van der Waals surface area contributed by atoms with Crippen molar-refractivity contribution in [2.24, 2.45) is 0 Å². The number of ether oxygens (including phenoxy) is 1. The van der Waals surface area contributed by atoms with E-state index in [2.05, 4.69) is 15.5 Å². The van der Waals surface area contributed by atoms with Crippen molar-refractivity contribution in [2.75, 3.05) is 5.32 Å². The number of carbonyl (C=O) groups excluding carboxylic acids is 2. The molecule has 0 aliphatic rings. The number of hydrogen-bond donors (Lipinski definition) is 3. The SMILES string of the molecule is Cc1nnc2ccc(-c3cc(NC(=O)CCCCCCC(=O)NO)ccc3Oc3ccc(F)cc3F)cn12. The molecule has 0 aliphatic heterocycles. The van der Waals surface area contributed by atoms with Gasteiger partial charge in [-0.3, -0.25) is 19.2 Å². The van der Waals surface area contributed by atoms with Crippen LogP contribution < -0.4 is 15.5 Å². The van der Waals surface area contributed by atoms with Crippen molar-refractivity contribution in [1.29, 1.82) is 0 Å². The van der Waals surface area contributed by atoms with Crippen LogP contribution in [0.15, 0.2) is 54.7 Å². The fourth-order valence-electron chi connectivity index (χ4n) is 3.97. The van der Waals surface area contributed by atoms with Gasteiger partial charge in [-0.05, 0) is 62.2 Å². The van der Waals surface area contributed by atoms with Crippen LogP contribution in [0.5, 0.6) is 11.5 Å². The number of aryl methyl sites for hydroxylation is 1. The number of amides is 2. The lowest BCUT2D eigenvalue weighted by Gasteiger charge is -2.15. The number of anilines is 1. The van der Waals surface area contributed by atoms with Crippen molar-refractivity contribution in [3.05, 3.63) is 72.2 Å². The van der Waals surface area contributed by atoms with Crippen molar-refractivity contribution in [3.8, 4) is 22.6 Å². The minimum Gasteiger partial charge on any atom is -0.454 e. The molecule has 0 unspecified atom stereocenters. The number of nitrogens with zero attached hydrogens (tertiary/aromatic N) is 3. The van der Waals surface area contributed by atoms with Crippen molar-refractivity contribution >= 4 is 23.1 Å². The number of fused-ring (bicyclic) bond motifs is 1. The molecule has 9 nitrogen and oxygen atoms in total. The Morgan fingerprint density at radius 1 is 0.921 bits per heavy atom. The van der Waals surface area contributed by atoms with Crippen LogP contribution >= 0.6 is 0 Å². The minimum absolute atomic E-state index is 0.137. The zero-order valence-corrected chi connectivity index (χ0v) is 20.7. The van der Waals surface area contributed by atoms with Gasteiger partial charge in [0, 0.05) is 41.9 Å². The first-order chi connectivity index (χ1) is 18.3. The summed E-state index contributed by atoms with van der Waals surface area (Å²) in [5, 5.41) is 19.5. The average molecular weight is 524 g/mol. The monoisotopic (exact) mass is 523 g/mol. The third-order valence-electron chi connectivity index (χ3n) is 5.94. The Morgan fingerprint density at radius 2 is 1.66 bits per heavy atom. The molecule has 0 radical (unpaired) electrons. The predicted octanol–water partition coefficient (Wildman–Crippen LogP) is 5.56. The van der Waals surface area contributed by atoms with E-state index in [1.807, 2.05) is 19.2 Å². The van der Waals surface area contributed by atoms with E-state index in [9.17, 15) is 18.4 Å². The van der Waals surface area contributed by atoms with E-state index in [0.29, 0.717) is 53.3 Å². The van der Waals surface area contributed by atoms with Gasteiger partial charge in [0.15, 0.2) is 17.2 Å². The van der Waals surface area contributed by atoms with E-state index >= 15 is 0 Å². The average Bonchev–Trinajstić information content (AvgIpc) is 3.28. The maximum Gasteiger partial charge on any atom is 0.243 e. The zero-order chi connectivity index (χ0) is 27.1. The number of unbranched alkanes of at least 4 members (excludes halogenated alkanes) is 3. The van der Waals surface area contributed by atoms with E-state index in [-0.39, 0.29) is 18.1 Å². The number of hydrogen-bond acceptors (Lipinski definition) is 6. The van der Waals surface area contributed by atoms with E-state index in [1.165, 1.54) is 6.07 Å². The molecule has 2 aromatic heterocycles. The Hall–Kier alpha value is -4.38. The predicted molar refractivity (Wildman–Crippen MR) is 136 cm³/mol. The van der Waals surface area contributed by atoms with Gasteiger partial charge in [-0.1, -0.05) is 12.8 Å². The number of halogens is 2. The second-order valence-corrected chi connectivity index (χ2v) is 8.78. The largest absolute Gasteiger partial charge is 0.454 e. The van der Waals surface area contributed by atoms with Gasteiger partial charge in [0.2, 0.25) is 11.8 Å². The van der Waals surface area contributed by atoms with Gasteiger partial charge in [0.25, 0.3) is 0 Å². The molecule has 198 valence electrons. The van der Waals surface area contributed by atoms with Gasteiger partial charge >= 0.3 is 0 Å². The van der Waals surface area contributed by atoms with Crippen LogP contribution in [0.4, 0.5) is 14.5 Å². The number of benzene rings is 2. The molecule has 3 N–H and O–H groups in total. The molecule has 2 heterocycles. The van der Waals surface area contributed by atoms with Crippen molar-refractivity contribution in [3.63, 3.8) is 0 Å². The van der Waals surface area contributed by atoms with Crippen LogP contribution in [0.2, 0.25) is 0 Å². The first-order valence-corrected chi connectivity index (χ1v) is 12.2. The molecular formula is C27H27F2N5O4. The lowest BCUT2D eigenvalue weighted by molar-refractivity contribution is -0.129. The molecule has 38 heavy (non-hydrogen) atoms. The Morgan fingerprint density at radius 3 is 2.39 bits per heavy atom. The smallest absolute Gasteiger partial charge is 0.243 e. The van der Waals surface area contributed by atoms with Crippen LogP contribution in [0, 0.1) is 18.6 Å². The first-order valence-electron chi connectivity index (χ1n) is 12.2. The van der Waals surface area contributed by atoms with Crippen LogP contribution in [0.25, 0.3) is 16.8 Å². The van der Waals surface area contributed by atoms with Crippen LogP contribution in [-0.4, -0.2) is 31.6 Å². The molecule has 0 aliphatic carbocycles. The lowest BCUT2D eigenvalue weighted by atomic mass is 10.0. The van der Waals surface area contributed by atoms with Gasteiger partial charge in [0.05, 0.1) is 0 Å². The summed E-state index contributed by atoms with van der Waals surface area (Å²) in [6.45, 7) is 1.81. The van der Waals surface area contributed by atoms with E-state index in [0.717, 1.165) is 25.0 Å². The molecule has 2 amide bonds. The summed E-state index contributed by atoms with van der Waals surface area (Å²) in [7, 11) is 0. The second-order valence-electron chi connectivity index (χ2n) is 8.78. The summed E-state index contributed by atoms with van der Waals surface area (Å²) in [4.78, 5) is 23.6. The van der Waals surface area contributed by atoms with Gasteiger partial charge in [-0.25, -0.2) is 14.3 Å². The molecule has 0 bridgehead atoms. The number of carbonyl (C=O) groups is 2. The van der Waals surface area contributed by atoms with Crippen molar-refractivity contribution in [1.82, 2.24) is 20.1 Å². The molecular weight excluding hydrogens is 496 g/mol. The normalized spacial score (nSPS) is 10.9. The van der Waals surface area contributed by atoms with E-state index in [1.54, 1.807) is 34.1 Å². The van der Waals surface area contributed by atoms with E-state index < -0.39 is 17.5 Å². The summed E-state index contributed by atoms with van der Waals surface area (Å²) in [5.41, 5.74) is 4.06. The third kappa shape index (κ3) is 6.68. The van der Waals surface area contributed by atoms with Crippen LogP contribution in [0.1, 0.15) is 44.3 Å². The highest BCUT2D eigenvalue weighted by molar-refractivity contribution is 5.92. The number of hydroxylamine groups is 1. The quantitative estimate of drug-likeness (QED) is 0.135. The minimum atomic E-state index is -0.838. The Balaban J connectivity index is 1.51. The molecule has 2 aromatic carbocycles. The topological polar surface area (TPSA) is 118 Å². The first kappa shape index (κ1) is 26.7. The third-order valence-corrected chi connectivity index (χ3v) is 5.94.